The molecule has 2 aliphatic heterocycles. The summed E-state index contributed by atoms with van der Waals surface area (Å²) < 4.78 is 16.0. The van der Waals surface area contributed by atoms with Crippen molar-refractivity contribution < 1.29 is 9.50 Å². The normalized spacial score (nSPS) is 20.2. The van der Waals surface area contributed by atoms with Crippen LogP contribution in [0.1, 0.15) is 12.8 Å². The monoisotopic (exact) mass is 430 g/mol. The zero-order chi connectivity index (χ0) is 21.8. The molecule has 32 heavy (non-hydrogen) atoms. The topological polar surface area (TPSA) is 86.2 Å². The fraction of sp³-hybridized carbons (Fsp3) is 0.292. The number of nitrogens with one attached hydrogen (secondary N) is 2. The van der Waals surface area contributed by atoms with E-state index in [-0.39, 0.29) is 17.0 Å². The van der Waals surface area contributed by atoms with Gasteiger partial charge in [0.05, 0.1) is 5.39 Å². The van der Waals surface area contributed by atoms with Crippen LogP contribution >= 0.6 is 0 Å². The standard InChI is InChI=1S/C24H23FN6O/c1-26-24-29-22-19(23(30-24)31-11-14-6-7-15(12-31)28-14)10-27-21(20(22)25)18-9-16(32)8-13-4-2-3-5-17(13)18/h2-5,8-10,14-15,28,32H,6-7,11-12H2,1H3,(H,26,29,30). The predicted octanol–water partition coefficient (Wildman–Crippen LogP) is 3.67. The molecule has 2 bridgehead atoms. The van der Waals surface area contributed by atoms with E-state index in [0.29, 0.717) is 34.8 Å². The molecule has 0 saturated carbocycles. The first-order valence-corrected chi connectivity index (χ1v) is 10.9. The number of nitrogens with zero attached hydrogens (tertiary/aromatic N) is 4. The Hall–Kier alpha value is -3.52. The summed E-state index contributed by atoms with van der Waals surface area (Å²) in [5.74, 6) is 0.624. The molecule has 0 spiro atoms. The lowest BCUT2D eigenvalue weighted by Gasteiger charge is -2.34. The highest BCUT2D eigenvalue weighted by Crippen LogP contribution is 2.37. The number of hydrogen-bond donors (Lipinski definition) is 3. The van der Waals surface area contributed by atoms with Gasteiger partial charge in [-0.2, -0.15) is 4.98 Å². The zero-order valence-electron chi connectivity index (χ0n) is 17.6. The van der Waals surface area contributed by atoms with E-state index >= 15 is 4.39 Å². The van der Waals surface area contributed by atoms with Gasteiger partial charge < -0.3 is 20.6 Å². The van der Waals surface area contributed by atoms with Gasteiger partial charge in [0.25, 0.3) is 0 Å². The van der Waals surface area contributed by atoms with Gasteiger partial charge in [0.2, 0.25) is 5.95 Å². The lowest BCUT2D eigenvalue weighted by molar-refractivity contribution is 0.464. The zero-order valence-corrected chi connectivity index (χ0v) is 17.6. The summed E-state index contributed by atoms with van der Waals surface area (Å²) in [5, 5.41) is 19.0. The molecule has 4 heterocycles. The molecule has 3 N–H and O–H groups in total. The van der Waals surface area contributed by atoms with Crippen LogP contribution < -0.4 is 15.5 Å². The molecule has 2 unspecified atom stereocenters. The molecule has 0 amide bonds. The van der Waals surface area contributed by atoms with Crippen molar-refractivity contribution in [1.29, 1.82) is 0 Å². The predicted molar refractivity (Wildman–Crippen MR) is 124 cm³/mol. The quantitative estimate of drug-likeness (QED) is 0.457. The number of aromatic nitrogens is 3. The van der Waals surface area contributed by atoms with Gasteiger partial charge in [-0.05, 0) is 35.7 Å². The van der Waals surface area contributed by atoms with Crippen molar-refractivity contribution in [2.75, 3.05) is 30.4 Å². The summed E-state index contributed by atoms with van der Waals surface area (Å²) >= 11 is 0. The first kappa shape index (κ1) is 19.2. The molecule has 2 aliphatic rings. The van der Waals surface area contributed by atoms with Gasteiger partial charge in [0.15, 0.2) is 5.82 Å². The van der Waals surface area contributed by atoms with E-state index in [1.165, 1.54) is 0 Å². The third-order valence-electron chi connectivity index (χ3n) is 6.51. The number of phenolic OH excluding ortho intramolecular Hbond substituents is 1. The number of fused-ring (bicyclic) bond motifs is 4. The minimum atomic E-state index is -0.517. The summed E-state index contributed by atoms with van der Waals surface area (Å²) in [6.07, 6.45) is 3.94. The van der Waals surface area contributed by atoms with Crippen LogP contribution in [-0.2, 0) is 0 Å². The van der Waals surface area contributed by atoms with Gasteiger partial charge in [-0.25, -0.2) is 9.37 Å². The van der Waals surface area contributed by atoms with Crippen molar-refractivity contribution in [3.8, 4) is 17.0 Å². The molecular formula is C24H23FN6O. The lowest BCUT2D eigenvalue weighted by atomic mass is 10.00. The Balaban J connectivity index is 1.56. The summed E-state index contributed by atoms with van der Waals surface area (Å²) in [4.78, 5) is 15.8. The van der Waals surface area contributed by atoms with Crippen LogP contribution in [0.3, 0.4) is 0 Å². The molecule has 7 nitrogen and oxygen atoms in total. The number of halogens is 1. The van der Waals surface area contributed by atoms with E-state index in [2.05, 4.69) is 30.5 Å². The van der Waals surface area contributed by atoms with Gasteiger partial charge in [-0.15, -0.1) is 0 Å². The minimum Gasteiger partial charge on any atom is -0.508 e. The molecule has 2 fully saturated rings. The first-order chi connectivity index (χ1) is 15.6. The summed E-state index contributed by atoms with van der Waals surface area (Å²) in [6, 6.07) is 11.6. The van der Waals surface area contributed by atoms with Crippen LogP contribution in [0.15, 0.2) is 42.6 Å². The fourth-order valence-corrected chi connectivity index (χ4v) is 5.04. The molecule has 6 rings (SSSR count). The second kappa shape index (κ2) is 7.27. The lowest BCUT2D eigenvalue weighted by Crippen LogP contribution is -2.51. The van der Waals surface area contributed by atoms with E-state index in [4.69, 9.17) is 0 Å². The molecule has 4 aromatic rings. The number of piperazine rings is 1. The average molecular weight is 430 g/mol. The van der Waals surface area contributed by atoms with E-state index in [9.17, 15) is 5.11 Å². The SMILES string of the molecule is CNc1nc(N2CC3CCC(C2)N3)c2cnc(-c3cc(O)cc4ccccc34)c(F)c2n1. The Morgan fingerprint density at radius 3 is 2.66 bits per heavy atom. The average Bonchev–Trinajstić information content (AvgIpc) is 3.15. The van der Waals surface area contributed by atoms with Gasteiger partial charge in [0, 0.05) is 44.0 Å². The van der Waals surface area contributed by atoms with E-state index in [1.54, 1.807) is 25.4 Å². The van der Waals surface area contributed by atoms with Gasteiger partial charge in [0.1, 0.15) is 22.8 Å². The van der Waals surface area contributed by atoms with Crippen molar-refractivity contribution in [3.63, 3.8) is 0 Å². The molecule has 0 radical (unpaired) electrons. The highest BCUT2D eigenvalue weighted by atomic mass is 19.1. The van der Waals surface area contributed by atoms with Crippen LogP contribution in [0.2, 0.25) is 0 Å². The Morgan fingerprint density at radius 2 is 1.88 bits per heavy atom. The number of hydrogen-bond acceptors (Lipinski definition) is 7. The van der Waals surface area contributed by atoms with Crippen molar-refractivity contribution in [2.45, 2.75) is 24.9 Å². The maximum absolute atomic E-state index is 16.0. The van der Waals surface area contributed by atoms with Crippen LogP contribution in [0.4, 0.5) is 16.2 Å². The van der Waals surface area contributed by atoms with Crippen LogP contribution in [0.25, 0.3) is 32.9 Å². The molecular weight excluding hydrogens is 407 g/mol. The maximum Gasteiger partial charge on any atom is 0.225 e. The number of aromatic hydroxyl groups is 1. The summed E-state index contributed by atoms with van der Waals surface area (Å²) in [5.41, 5.74) is 0.922. The number of anilines is 2. The van der Waals surface area contributed by atoms with Gasteiger partial charge in [-0.3, -0.25) is 4.98 Å². The molecule has 2 saturated heterocycles. The molecule has 2 aromatic carbocycles. The largest absolute Gasteiger partial charge is 0.508 e. The van der Waals surface area contributed by atoms with Gasteiger partial charge >= 0.3 is 0 Å². The third-order valence-corrected chi connectivity index (χ3v) is 6.51. The second-order valence-electron chi connectivity index (χ2n) is 8.56. The van der Waals surface area contributed by atoms with Crippen LogP contribution in [0.5, 0.6) is 5.75 Å². The second-order valence-corrected chi connectivity index (χ2v) is 8.56. The Morgan fingerprint density at radius 1 is 1.09 bits per heavy atom. The first-order valence-electron chi connectivity index (χ1n) is 10.9. The Labute approximate surface area is 184 Å². The number of pyridine rings is 1. The number of phenols is 1. The molecule has 0 aliphatic carbocycles. The number of rotatable bonds is 3. The molecule has 162 valence electrons. The minimum absolute atomic E-state index is 0.0654. The maximum atomic E-state index is 16.0. The fourth-order valence-electron chi connectivity index (χ4n) is 5.04. The number of benzene rings is 2. The van der Waals surface area contributed by atoms with Crippen LogP contribution in [0, 0.1) is 5.82 Å². The highest BCUT2D eigenvalue weighted by molar-refractivity contribution is 6.00. The smallest absolute Gasteiger partial charge is 0.225 e. The van der Waals surface area contributed by atoms with Crippen molar-refractivity contribution in [1.82, 2.24) is 20.3 Å². The van der Waals surface area contributed by atoms with E-state index < -0.39 is 5.82 Å². The summed E-state index contributed by atoms with van der Waals surface area (Å²) in [6.45, 7) is 1.65. The highest BCUT2D eigenvalue weighted by Gasteiger charge is 2.34. The van der Waals surface area contributed by atoms with Crippen molar-refractivity contribution >= 4 is 33.4 Å². The summed E-state index contributed by atoms with van der Waals surface area (Å²) in [7, 11) is 1.73. The van der Waals surface area contributed by atoms with Crippen LogP contribution in [-0.4, -0.2) is 52.3 Å². The molecule has 8 heteroatoms. The van der Waals surface area contributed by atoms with Crippen molar-refractivity contribution in [2.24, 2.45) is 0 Å². The Bertz CT molecular complexity index is 1350. The third kappa shape index (κ3) is 3.02. The molecule has 2 atom stereocenters. The van der Waals surface area contributed by atoms with E-state index in [1.807, 2.05) is 24.3 Å². The Kier molecular flexibility index (Phi) is 4.36. The van der Waals surface area contributed by atoms with Crippen molar-refractivity contribution in [3.05, 3.63) is 48.4 Å². The molecule has 2 aromatic heterocycles. The van der Waals surface area contributed by atoms with E-state index in [0.717, 1.165) is 36.7 Å². The van der Waals surface area contributed by atoms with Gasteiger partial charge in [-0.1, -0.05) is 24.3 Å².